The largest absolute Gasteiger partial charge is 0.359 e. The second kappa shape index (κ2) is 8.02. The van der Waals surface area contributed by atoms with E-state index in [9.17, 15) is 9.59 Å². The van der Waals surface area contributed by atoms with Crippen LogP contribution in [0.5, 0.6) is 0 Å². The lowest BCUT2D eigenvalue weighted by Gasteiger charge is -2.41. The lowest BCUT2D eigenvalue weighted by molar-refractivity contribution is -0.141. The molecule has 1 heterocycles. The van der Waals surface area contributed by atoms with E-state index >= 15 is 0 Å². The summed E-state index contributed by atoms with van der Waals surface area (Å²) in [5.74, 6) is 1.10. The van der Waals surface area contributed by atoms with E-state index in [1.54, 1.807) is 7.05 Å². The number of hydrogen-bond donors (Lipinski definition) is 1. The molecule has 1 saturated heterocycles. The van der Waals surface area contributed by atoms with Gasteiger partial charge in [-0.3, -0.25) is 9.59 Å². The molecule has 0 aromatic heterocycles. The topological polar surface area (TPSA) is 49.4 Å². The lowest BCUT2D eigenvalue weighted by Crippen LogP contribution is -2.51. The van der Waals surface area contributed by atoms with Gasteiger partial charge in [0.05, 0.1) is 5.41 Å². The first-order valence-electron chi connectivity index (χ1n) is 10.7. The minimum atomic E-state index is -0.467. The third-order valence-corrected chi connectivity index (χ3v) is 6.80. The number of rotatable bonds is 5. The molecule has 152 valence electrons. The molecule has 4 nitrogen and oxygen atoms in total. The molecule has 29 heavy (non-hydrogen) atoms. The molecular weight excluding hydrogens is 360 g/mol. The quantitative estimate of drug-likeness (QED) is 0.842. The van der Waals surface area contributed by atoms with Crippen LogP contribution in [0.4, 0.5) is 0 Å². The van der Waals surface area contributed by atoms with E-state index in [0.29, 0.717) is 38.3 Å². The van der Waals surface area contributed by atoms with Crippen LogP contribution in [-0.4, -0.2) is 36.9 Å². The Morgan fingerprint density at radius 2 is 1.66 bits per heavy atom. The van der Waals surface area contributed by atoms with Crippen molar-refractivity contribution >= 4 is 11.8 Å². The van der Waals surface area contributed by atoms with E-state index in [-0.39, 0.29) is 17.7 Å². The number of carbonyl (C=O) groups is 2. The van der Waals surface area contributed by atoms with E-state index in [1.807, 2.05) is 29.2 Å². The summed E-state index contributed by atoms with van der Waals surface area (Å²) in [7, 11) is 1.72. The van der Waals surface area contributed by atoms with Crippen molar-refractivity contribution in [3.05, 3.63) is 60.2 Å². The van der Waals surface area contributed by atoms with Crippen LogP contribution in [0.2, 0.25) is 0 Å². The smallest absolute Gasteiger partial charge is 0.226 e. The molecule has 2 fully saturated rings. The maximum Gasteiger partial charge on any atom is 0.226 e. The third-order valence-electron chi connectivity index (χ3n) is 6.80. The van der Waals surface area contributed by atoms with Crippen molar-refractivity contribution in [1.82, 2.24) is 10.2 Å². The van der Waals surface area contributed by atoms with E-state index < -0.39 is 5.41 Å². The van der Waals surface area contributed by atoms with Gasteiger partial charge < -0.3 is 10.2 Å². The summed E-state index contributed by atoms with van der Waals surface area (Å²) < 4.78 is 0. The van der Waals surface area contributed by atoms with Crippen LogP contribution < -0.4 is 5.32 Å². The molecule has 1 N–H and O–H groups in total. The van der Waals surface area contributed by atoms with Gasteiger partial charge in [-0.25, -0.2) is 0 Å². The summed E-state index contributed by atoms with van der Waals surface area (Å²) >= 11 is 0. The number of amides is 2. The minimum Gasteiger partial charge on any atom is -0.359 e. The highest BCUT2D eigenvalue weighted by molar-refractivity contribution is 5.85. The molecule has 1 aliphatic heterocycles. The van der Waals surface area contributed by atoms with E-state index in [2.05, 4.69) is 42.6 Å². The van der Waals surface area contributed by atoms with Gasteiger partial charge in [-0.15, -0.1) is 0 Å². The highest BCUT2D eigenvalue weighted by Gasteiger charge is 2.46. The van der Waals surface area contributed by atoms with Gasteiger partial charge in [-0.05, 0) is 48.3 Å². The number of benzene rings is 2. The molecule has 2 aromatic rings. The van der Waals surface area contributed by atoms with Gasteiger partial charge in [-0.2, -0.15) is 0 Å². The first kappa shape index (κ1) is 19.7. The summed E-state index contributed by atoms with van der Waals surface area (Å²) in [6, 6.07) is 18.7. The molecule has 2 aliphatic rings. The molecule has 0 spiro atoms. The highest BCUT2D eigenvalue weighted by Crippen LogP contribution is 2.42. The Morgan fingerprint density at radius 1 is 1.03 bits per heavy atom. The number of nitrogens with zero attached hydrogens (tertiary/aromatic N) is 1. The van der Waals surface area contributed by atoms with E-state index in [4.69, 9.17) is 0 Å². The van der Waals surface area contributed by atoms with Crippen LogP contribution in [0.15, 0.2) is 54.6 Å². The fourth-order valence-electron chi connectivity index (χ4n) is 4.74. The average molecular weight is 391 g/mol. The molecule has 0 radical (unpaired) electrons. The van der Waals surface area contributed by atoms with Gasteiger partial charge in [0.1, 0.15) is 0 Å². The first-order chi connectivity index (χ1) is 14.0. The monoisotopic (exact) mass is 390 g/mol. The molecule has 2 atom stereocenters. The van der Waals surface area contributed by atoms with Crippen molar-refractivity contribution < 1.29 is 9.59 Å². The molecule has 2 aromatic carbocycles. The summed E-state index contributed by atoms with van der Waals surface area (Å²) in [5, 5.41) is 2.90. The minimum absolute atomic E-state index is 0.0900. The second-order valence-corrected chi connectivity index (χ2v) is 8.70. The van der Waals surface area contributed by atoms with Gasteiger partial charge in [0.15, 0.2) is 0 Å². The normalized spacial score (nSPS) is 22.8. The highest BCUT2D eigenvalue weighted by atomic mass is 16.2. The number of likely N-dealkylation sites (tertiary alicyclic amines) is 1. The van der Waals surface area contributed by atoms with Gasteiger partial charge in [-0.1, -0.05) is 61.5 Å². The van der Waals surface area contributed by atoms with Crippen LogP contribution in [-0.2, 0) is 16.0 Å². The lowest BCUT2D eigenvalue weighted by atomic mass is 9.72. The summed E-state index contributed by atoms with van der Waals surface area (Å²) in [4.78, 5) is 27.6. The first-order valence-corrected chi connectivity index (χ1v) is 10.7. The van der Waals surface area contributed by atoms with Gasteiger partial charge in [0, 0.05) is 26.1 Å². The Bertz CT molecular complexity index is 885. The summed E-state index contributed by atoms with van der Waals surface area (Å²) in [6.45, 7) is 3.48. The second-order valence-electron chi connectivity index (χ2n) is 8.70. The Kier molecular flexibility index (Phi) is 5.44. The predicted octanol–water partition coefficient (Wildman–Crippen LogP) is 3.91. The van der Waals surface area contributed by atoms with Crippen molar-refractivity contribution in [2.75, 3.05) is 20.1 Å². The molecule has 1 saturated carbocycles. The van der Waals surface area contributed by atoms with Crippen molar-refractivity contribution in [3.8, 4) is 11.1 Å². The van der Waals surface area contributed by atoms with Crippen LogP contribution in [0.25, 0.3) is 11.1 Å². The zero-order valence-corrected chi connectivity index (χ0v) is 17.4. The SMILES string of the molecule is CNC(=O)C1(Cc2ccccc2-c2ccccc2)CCN(C(=O)[C@H]2C[C@@H]2C)CC1. The van der Waals surface area contributed by atoms with Gasteiger partial charge >= 0.3 is 0 Å². The van der Waals surface area contributed by atoms with Gasteiger partial charge in [0.25, 0.3) is 0 Å². The van der Waals surface area contributed by atoms with Crippen molar-refractivity contribution in [3.63, 3.8) is 0 Å². The maximum absolute atomic E-state index is 13.0. The average Bonchev–Trinajstić information content (AvgIpc) is 3.50. The van der Waals surface area contributed by atoms with Crippen LogP contribution >= 0.6 is 0 Å². The van der Waals surface area contributed by atoms with Crippen LogP contribution in [0.1, 0.15) is 31.7 Å². The molecule has 4 heteroatoms. The number of nitrogens with one attached hydrogen (secondary N) is 1. The molecule has 1 aliphatic carbocycles. The van der Waals surface area contributed by atoms with Crippen LogP contribution in [0, 0.1) is 17.3 Å². The summed E-state index contributed by atoms with van der Waals surface area (Å²) in [5.41, 5.74) is 3.08. The van der Waals surface area contributed by atoms with Crippen LogP contribution in [0.3, 0.4) is 0 Å². The molecular formula is C25H30N2O2. The van der Waals surface area contributed by atoms with Gasteiger partial charge in [0.2, 0.25) is 11.8 Å². The Balaban J connectivity index is 1.57. The summed E-state index contributed by atoms with van der Waals surface area (Å²) in [6.07, 6.45) is 3.13. The molecule has 0 unspecified atom stereocenters. The van der Waals surface area contributed by atoms with Crippen molar-refractivity contribution in [2.24, 2.45) is 17.3 Å². The maximum atomic E-state index is 13.0. The van der Waals surface area contributed by atoms with E-state index in [1.165, 1.54) is 16.7 Å². The molecule has 0 bridgehead atoms. The Morgan fingerprint density at radius 3 is 2.28 bits per heavy atom. The Hall–Kier alpha value is -2.62. The molecule has 2 amide bonds. The predicted molar refractivity (Wildman–Crippen MR) is 115 cm³/mol. The van der Waals surface area contributed by atoms with E-state index in [0.717, 1.165) is 6.42 Å². The number of piperidine rings is 1. The van der Waals surface area contributed by atoms with Crippen molar-refractivity contribution in [2.45, 2.75) is 32.6 Å². The van der Waals surface area contributed by atoms with Crippen molar-refractivity contribution in [1.29, 1.82) is 0 Å². The zero-order chi connectivity index (χ0) is 20.4. The number of carbonyl (C=O) groups excluding carboxylic acids is 2. The number of hydrogen-bond acceptors (Lipinski definition) is 2. The fraction of sp³-hybridized carbons (Fsp3) is 0.440. The standard InChI is InChI=1S/C25H30N2O2/c1-18-16-22(18)23(28)27-14-12-25(13-15-27,24(29)26-2)17-20-10-6-7-11-21(20)19-8-4-3-5-9-19/h3-11,18,22H,12-17H2,1-2H3,(H,26,29)/t18-,22-/m0/s1. The zero-order valence-electron chi connectivity index (χ0n) is 17.4. The fourth-order valence-corrected chi connectivity index (χ4v) is 4.74. The Labute approximate surface area is 173 Å². The third kappa shape index (κ3) is 3.93. The molecule has 4 rings (SSSR count).